The predicted molar refractivity (Wildman–Crippen MR) is 140 cm³/mol. The molecular formula is C28H30N2O3S2. The second kappa shape index (κ2) is 9.36. The number of likely N-dealkylation sites (tertiary alicyclic amines) is 1. The van der Waals surface area contributed by atoms with Crippen LogP contribution in [0.25, 0.3) is 0 Å². The summed E-state index contributed by atoms with van der Waals surface area (Å²) >= 11 is 3.09. The number of carbonyl (C=O) groups is 3. The highest BCUT2D eigenvalue weighted by Gasteiger charge is 2.59. The quantitative estimate of drug-likeness (QED) is 0.445. The Bertz CT molecular complexity index is 1290. The van der Waals surface area contributed by atoms with Gasteiger partial charge in [-0.25, -0.2) is 0 Å². The van der Waals surface area contributed by atoms with Crippen LogP contribution in [0.15, 0.2) is 47.2 Å². The first-order chi connectivity index (χ1) is 16.8. The third kappa shape index (κ3) is 3.95. The lowest BCUT2D eigenvalue weighted by Crippen LogP contribution is -2.49. The van der Waals surface area contributed by atoms with Gasteiger partial charge in [-0.3, -0.25) is 14.4 Å². The molecule has 4 unspecified atom stereocenters. The van der Waals surface area contributed by atoms with Gasteiger partial charge in [-0.2, -0.15) is 0 Å². The van der Waals surface area contributed by atoms with E-state index in [2.05, 4.69) is 0 Å². The van der Waals surface area contributed by atoms with Crippen LogP contribution in [-0.4, -0.2) is 28.5 Å². The third-order valence-electron chi connectivity index (χ3n) is 7.76. The van der Waals surface area contributed by atoms with Gasteiger partial charge in [0, 0.05) is 27.2 Å². The zero-order valence-electron chi connectivity index (χ0n) is 20.2. The van der Waals surface area contributed by atoms with Crippen molar-refractivity contribution < 1.29 is 14.4 Å². The molecule has 2 N–H and O–H groups in total. The van der Waals surface area contributed by atoms with E-state index in [1.165, 1.54) is 11.3 Å². The van der Waals surface area contributed by atoms with Crippen LogP contribution in [0.2, 0.25) is 0 Å². The number of hydrogen-bond acceptors (Lipinski definition) is 5. The standard InChI is InChI=1S/C28H30N2O3S2/c1-15-7-4-5-10-19(15)24(31)20-21(25-16(2)11-13-34-25)23(27(29)32)30(28(33)18-8-6-9-18)22(20)26-17(3)12-14-35-26/h4-5,7,10-14,18,20-23H,6,8-9H2,1-3H3,(H2,29,32). The van der Waals surface area contributed by atoms with Gasteiger partial charge >= 0.3 is 0 Å². The Labute approximate surface area is 214 Å². The molecule has 0 spiro atoms. The zero-order chi connectivity index (χ0) is 24.9. The van der Waals surface area contributed by atoms with Crippen molar-refractivity contribution >= 4 is 40.3 Å². The molecule has 4 atom stereocenters. The van der Waals surface area contributed by atoms with E-state index in [9.17, 15) is 14.4 Å². The molecule has 1 saturated heterocycles. The number of thiophene rings is 2. The van der Waals surface area contributed by atoms with E-state index in [1.54, 1.807) is 16.2 Å². The molecule has 1 aromatic carbocycles. The van der Waals surface area contributed by atoms with E-state index in [-0.39, 0.29) is 17.6 Å². The van der Waals surface area contributed by atoms with Crippen molar-refractivity contribution in [3.05, 3.63) is 79.2 Å². The molecule has 2 aromatic heterocycles. The Morgan fingerprint density at radius 2 is 1.51 bits per heavy atom. The van der Waals surface area contributed by atoms with Gasteiger partial charge in [0.2, 0.25) is 11.8 Å². The SMILES string of the molecule is Cc1ccccc1C(=O)C1C(c2sccc2C)C(C(N)=O)N(C(=O)C2CCC2)C1c1sccc1C. The number of nitrogens with zero attached hydrogens (tertiary/aromatic N) is 1. The van der Waals surface area contributed by atoms with Crippen LogP contribution in [0.1, 0.15) is 68.0 Å². The second-order valence-corrected chi connectivity index (χ2v) is 11.7. The van der Waals surface area contributed by atoms with Crippen molar-refractivity contribution in [2.75, 3.05) is 0 Å². The fraction of sp³-hybridized carbons (Fsp3) is 0.393. The Balaban J connectivity index is 1.76. The summed E-state index contributed by atoms with van der Waals surface area (Å²) in [6.45, 7) is 5.94. The van der Waals surface area contributed by atoms with Gasteiger partial charge in [0.15, 0.2) is 5.78 Å². The monoisotopic (exact) mass is 506 g/mol. The number of hydrogen-bond donors (Lipinski definition) is 1. The lowest BCUT2D eigenvalue weighted by atomic mass is 9.78. The topological polar surface area (TPSA) is 80.5 Å². The molecule has 2 amide bonds. The fourth-order valence-corrected chi connectivity index (χ4v) is 7.89. The molecule has 1 aliphatic carbocycles. The predicted octanol–water partition coefficient (Wildman–Crippen LogP) is 5.56. The summed E-state index contributed by atoms with van der Waals surface area (Å²) in [7, 11) is 0. The van der Waals surface area contributed by atoms with Crippen LogP contribution in [0.5, 0.6) is 0 Å². The number of benzene rings is 1. The number of ketones is 1. The van der Waals surface area contributed by atoms with Gasteiger partial charge in [0.05, 0.1) is 12.0 Å². The van der Waals surface area contributed by atoms with Crippen LogP contribution in [-0.2, 0) is 9.59 Å². The molecule has 5 rings (SSSR count). The molecule has 2 fully saturated rings. The normalized spacial score (nSPS) is 24.4. The van der Waals surface area contributed by atoms with Crippen molar-refractivity contribution in [3.8, 4) is 0 Å². The van der Waals surface area contributed by atoms with Gasteiger partial charge in [-0.15, -0.1) is 22.7 Å². The Kier molecular flexibility index (Phi) is 6.40. The second-order valence-electron chi connectivity index (χ2n) is 9.83. The summed E-state index contributed by atoms with van der Waals surface area (Å²) in [6, 6.07) is 10.2. The van der Waals surface area contributed by atoms with Gasteiger partial charge in [-0.05, 0) is 73.2 Å². The number of carbonyl (C=O) groups excluding carboxylic acids is 3. The van der Waals surface area contributed by atoms with E-state index in [0.717, 1.165) is 45.7 Å². The van der Waals surface area contributed by atoms with E-state index in [1.807, 2.05) is 67.9 Å². The highest BCUT2D eigenvalue weighted by Crippen LogP contribution is 2.55. The van der Waals surface area contributed by atoms with Crippen molar-refractivity contribution in [1.29, 1.82) is 0 Å². The molecule has 5 nitrogen and oxygen atoms in total. The largest absolute Gasteiger partial charge is 0.368 e. The molecule has 1 aliphatic heterocycles. The minimum atomic E-state index is -0.870. The van der Waals surface area contributed by atoms with Crippen LogP contribution < -0.4 is 5.73 Å². The maximum absolute atomic E-state index is 14.4. The minimum Gasteiger partial charge on any atom is -0.368 e. The maximum atomic E-state index is 14.4. The number of aryl methyl sites for hydroxylation is 3. The van der Waals surface area contributed by atoms with Gasteiger partial charge in [0.25, 0.3) is 0 Å². The Morgan fingerprint density at radius 1 is 0.886 bits per heavy atom. The molecule has 0 bridgehead atoms. The highest BCUT2D eigenvalue weighted by atomic mass is 32.1. The number of primary amides is 1. The molecule has 3 aromatic rings. The lowest BCUT2D eigenvalue weighted by molar-refractivity contribution is -0.145. The maximum Gasteiger partial charge on any atom is 0.240 e. The third-order valence-corrected chi connectivity index (χ3v) is 9.96. The van der Waals surface area contributed by atoms with Crippen molar-refractivity contribution in [1.82, 2.24) is 4.90 Å². The van der Waals surface area contributed by atoms with Gasteiger partial charge in [-0.1, -0.05) is 30.7 Å². The molecule has 182 valence electrons. The number of amides is 2. The first kappa shape index (κ1) is 23.9. The summed E-state index contributed by atoms with van der Waals surface area (Å²) in [5.41, 5.74) is 9.66. The summed E-state index contributed by atoms with van der Waals surface area (Å²) < 4.78 is 0. The molecule has 2 aliphatic rings. The molecule has 1 saturated carbocycles. The molecule has 7 heteroatoms. The van der Waals surface area contributed by atoms with Crippen LogP contribution in [0, 0.1) is 32.6 Å². The smallest absolute Gasteiger partial charge is 0.240 e. The van der Waals surface area contributed by atoms with E-state index < -0.39 is 29.8 Å². The van der Waals surface area contributed by atoms with Crippen molar-refractivity contribution in [3.63, 3.8) is 0 Å². The van der Waals surface area contributed by atoms with Gasteiger partial charge < -0.3 is 10.6 Å². The summed E-state index contributed by atoms with van der Waals surface area (Å²) in [5.74, 6) is -1.83. The Hall–Kier alpha value is -2.77. The van der Waals surface area contributed by atoms with Crippen LogP contribution in [0.4, 0.5) is 0 Å². The number of rotatable bonds is 6. The van der Waals surface area contributed by atoms with Crippen molar-refractivity contribution in [2.24, 2.45) is 17.6 Å². The minimum absolute atomic E-state index is 0.0335. The summed E-state index contributed by atoms with van der Waals surface area (Å²) in [4.78, 5) is 45.2. The van der Waals surface area contributed by atoms with E-state index >= 15 is 0 Å². The zero-order valence-corrected chi connectivity index (χ0v) is 21.8. The van der Waals surface area contributed by atoms with Gasteiger partial charge in [0.1, 0.15) is 6.04 Å². The first-order valence-corrected chi connectivity index (χ1v) is 13.9. The fourth-order valence-electron chi connectivity index (χ4n) is 5.71. The van der Waals surface area contributed by atoms with E-state index in [0.29, 0.717) is 5.56 Å². The number of nitrogens with two attached hydrogens (primary N) is 1. The molecule has 35 heavy (non-hydrogen) atoms. The van der Waals surface area contributed by atoms with E-state index in [4.69, 9.17) is 5.73 Å². The van der Waals surface area contributed by atoms with Crippen LogP contribution >= 0.6 is 22.7 Å². The highest BCUT2D eigenvalue weighted by molar-refractivity contribution is 7.10. The van der Waals surface area contributed by atoms with Crippen LogP contribution in [0.3, 0.4) is 0 Å². The average Bonchev–Trinajstić information content (AvgIpc) is 3.48. The molecular weight excluding hydrogens is 476 g/mol. The summed E-state index contributed by atoms with van der Waals surface area (Å²) in [5, 5.41) is 3.98. The lowest BCUT2D eigenvalue weighted by Gasteiger charge is -2.36. The average molecular weight is 507 g/mol. The molecule has 0 radical (unpaired) electrons. The Morgan fingerprint density at radius 3 is 2.03 bits per heavy atom. The van der Waals surface area contributed by atoms with Crippen molar-refractivity contribution in [2.45, 2.75) is 58.0 Å². The summed E-state index contributed by atoms with van der Waals surface area (Å²) in [6.07, 6.45) is 2.64. The molecule has 3 heterocycles. The first-order valence-electron chi connectivity index (χ1n) is 12.1. The number of Topliss-reactive ketones (excluding diaryl/α,β-unsaturated/α-hetero) is 1.